The van der Waals surface area contributed by atoms with Gasteiger partial charge < -0.3 is 81.8 Å². The number of ether oxygens (including phenoxy) is 2. The Bertz CT molecular complexity index is 1720. The number of carbonyl (C=O) groups is 1. The molecule has 2 aliphatic rings. The number of aliphatic hydroxyl groups is 12. The Labute approximate surface area is 442 Å². The zero-order valence-electron chi connectivity index (χ0n) is 46.0. The summed E-state index contributed by atoms with van der Waals surface area (Å²) in [5, 5.41) is 135. The highest BCUT2D eigenvalue weighted by Gasteiger charge is 2.50. The lowest BCUT2D eigenvalue weighted by Crippen LogP contribution is -2.59. The van der Waals surface area contributed by atoms with E-state index in [1.807, 2.05) is 19.9 Å². The van der Waals surface area contributed by atoms with Gasteiger partial charge in [-0.1, -0.05) is 103 Å². The minimum absolute atomic E-state index is 0.0856. The first-order valence-corrected chi connectivity index (χ1v) is 27.4. The molecule has 0 amide bonds. The lowest BCUT2D eigenvalue weighted by molar-refractivity contribution is -0.333. The fourth-order valence-corrected chi connectivity index (χ4v) is 9.90. The zero-order valence-corrected chi connectivity index (χ0v) is 46.0. The van der Waals surface area contributed by atoms with Crippen molar-refractivity contribution < 1.29 is 75.5 Å². The molecular formula is C56H101N3O15. The molecule has 0 saturated carbocycles. The number of cyclic esters (lactones) is 1. The second kappa shape index (κ2) is 34.1. The van der Waals surface area contributed by atoms with Gasteiger partial charge in [0.1, 0.15) is 12.2 Å². The number of nitrogens with one attached hydrogen (secondary N) is 1. The van der Waals surface area contributed by atoms with E-state index in [-0.39, 0.29) is 56.8 Å². The fourth-order valence-electron chi connectivity index (χ4n) is 9.90. The van der Waals surface area contributed by atoms with Gasteiger partial charge in [0.25, 0.3) is 0 Å². The smallest absolute Gasteiger partial charge is 0.311 e. The number of unbranched alkanes of at least 4 members (excludes halogenated alkanes) is 2. The standard InChI is InChI=1S/C56H101N3O15/c1-33(18-14-12-10-11-13-17-25-59-55(57)58-9)26-37(5)52-36(4)19-15-16-20-44(62)38(6)48(66)29-42(61)27-41(60)28-43-30-50(68)53(70)56(72,74-43)32-51(69)35(3)22-23-45(63)39(7)49(67)31-47(65)34(2)21-24-46(64)40(8)54(71)73-52/h10-11,15-16,19-21,24,33-53,60-70,72H,12-14,17-18,22-23,25-32H2,1-9H3,(H3,57,58,59)/b11-10+,19-15-,20-16-,24-21-/t33-,34-,35-,36-,37+,38-,39+,40-,41+,42+,43-,44+,45-,46+,47-,48+,49+,50-,51+,52+,53+,56+/m1/s1. The van der Waals surface area contributed by atoms with E-state index < -0.39 is 127 Å². The molecule has 1 fully saturated rings. The zero-order chi connectivity index (χ0) is 55.9. The summed E-state index contributed by atoms with van der Waals surface area (Å²) < 4.78 is 12.0. The minimum atomic E-state index is -2.40. The molecular weight excluding hydrogens is 955 g/mol. The van der Waals surface area contributed by atoms with Crippen LogP contribution in [0.5, 0.6) is 0 Å². The predicted molar refractivity (Wildman–Crippen MR) is 286 cm³/mol. The number of fused-ring (bicyclic) bond motifs is 2. The molecule has 22 atom stereocenters. The number of guanidine groups is 1. The first-order valence-electron chi connectivity index (χ1n) is 27.4. The van der Waals surface area contributed by atoms with Crippen LogP contribution >= 0.6 is 0 Å². The van der Waals surface area contributed by atoms with Crippen LogP contribution in [0.2, 0.25) is 0 Å². The van der Waals surface area contributed by atoms with Gasteiger partial charge >= 0.3 is 5.97 Å². The molecule has 0 aromatic carbocycles. The summed E-state index contributed by atoms with van der Waals surface area (Å²) in [7, 11) is 1.64. The maximum atomic E-state index is 13.8. The van der Waals surface area contributed by atoms with E-state index in [1.54, 1.807) is 59.9 Å². The number of nitrogens with two attached hydrogens (primary N) is 1. The van der Waals surface area contributed by atoms with E-state index in [0.29, 0.717) is 11.9 Å². The third-order valence-corrected chi connectivity index (χ3v) is 15.6. The largest absolute Gasteiger partial charge is 0.461 e. The Morgan fingerprint density at radius 1 is 0.716 bits per heavy atom. The molecule has 74 heavy (non-hydrogen) atoms. The van der Waals surface area contributed by atoms with Crippen LogP contribution in [0.1, 0.15) is 145 Å². The Morgan fingerprint density at radius 2 is 1.34 bits per heavy atom. The molecule has 2 rings (SSSR count). The van der Waals surface area contributed by atoms with Crippen LogP contribution in [-0.4, -0.2) is 172 Å². The third-order valence-electron chi connectivity index (χ3n) is 15.6. The van der Waals surface area contributed by atoms with Gasteiger partial charge in [-0.2, -0.15) is 0 Å². The number of rotatable bonds is 11. The van der Waals surface area contributed by atoms with Crippen molar-refractivity contribution in [2.75, 3.05) is 13.6 Å². The van der Waals surface area contributed by atoms with Crippen molar-refractivity contribution in [1.82, 2.24) is 5.32 Å². The van der Waals surface area contributed by atoms with Gasteiger partial charge in [0.05, 0.1) is 73.1 Å². The summed E-state index contributed by atoms with van der Waals surface area (Å²) in [6, 6.07) is 0. The minimum Gasteiger partial charge on any atom is -0.461 e. The lowest BCUT2D eigenvalue weighted by atomic mass is 9.83. The Balaban J connectivity index is 2.32. The molecule has 0 unspecified atom stereocenters. The van der Waals surface area contributed by atoms with E-state index in [4.69, 9.17) is 15.2 Å². The van der Waals surface area contributed by atoms with Crippen molar-refractivity contribution in [3.05, 3.63) is 48.6 Å². The molecule has 0 spiro atoms. The Hall–Kier alpha value is -2.82. The first kappa shape index (κ1) is 67.3. The molecule has 1 saturated heterocycles. The summed E-state index contributed by atoms with van der Waals surface area (Å²) in [5.41, 5.74) is 5.68. The lowest BCUT2D eigenvalue weighted by Gasteiger charge is -2.45. The van der Waals surface area contributed by atoms with Crippen LogP contribution < -0.4 is 11.1 Å². The second-order valence-corrected chi connectivity index (χ2v) is 22.3. The topological polar surface area (TPSA) is 329 Å². The average molecular weight is 1060 g/mol. The molecule has 0 aromatic heterocycles. The van der Waals surface area contributed by atoms with E-state index in [2.05, 4.69) is 29.4 Å². The van der Waals surface area contributed by atoms with Gasteiger partial charge in [0, 0.05) is 56.5 Å². The summed E-state index contributed by atoms with van der Waals surface area (Å²) in [6.45, 7) is 15.1. The third kappa shape index (κ3) is 23.8. The van der Waals surface area contributed by atoms with Gasteiger partial charge in [-0.05, 0) is 88.9 Å². The van der Waals surface area contributed by atoms with Crippen molar-refractivity contribution >= 4 is 11.9 Å². The number of aliphatic imine (C=N–C) groups is 1. The number of hydrogen-bond donors (Lipinski definition) is 14. The summed E-state index contributed by atoms with van der Waals surface area (Å²) in [4.78, 5) is 17.7. The Kier molecular flexibility index (Phi) is 31.0. The van der Waals surface area contributed by atoms with Gasteiger partial charge in [0.2, 0.25) is 0 Å². The molecule has 0 radical (unpaired) electrons. The van der Waals surface area contributed by atoms with Gasteiger partial charge in [-0.25, -0.2) is 0 Å². The van der Waals surface area contributed by atoms with E-state index in [1.165, 1.54) is 12.2 Å². The quantitative estimate of drug-likeness (QED) is 0.0464. The molecule has 0 aromatic rings. The van der Waals surface area contributed by atoms with Gasteiger partial charge in [0.15, 0.2) is 11.7 Å². The van der Waals surface area contributed by atoms with E-state index in [0.717, 1.165) is 45.1 Å². The molecule has 430 valence electrons. The molecule has 15 N–H and O–H groups in total. The number of hydrogen-bond acceptors (Lipinski definition) is 16. The summed E-state index contributed by atoms with van der Waals surface area (Å²) in [6.07, 6.45) is 3.37. The number of aliphatic hydroxyl groups excluding tert-OH is 11. The van der Waals surface area contributed by atoms with Crippen LogP contribution in [-0.2, 0) is 14.3 Å². The van der Waals surface area contributed by atoms with Crippen molar-refractivity contribution in [3.8, 4) is 0 Å². The Morgan fingerprint density at radius 3 is 2.00 bits per heavy atom. The van der Waals surface area contributed by atoms with Gasteiger partial charge in [-0.3, -0.25) is 9.79 Å². The fraction of sp³-hybridized carbons (Fsp3) is 0.821. The van der Waals surface area contributed by atoms with Crippen molar-refractivity contribution in [1.29, 1.82) is 0 Å². The van der Waals surface area contributed by atoms with Crippen LogP contribution in [0.4, 0.5) is 0 Å². The van der Waals surface area contributed by atoms with Crippen LogP contribution in [0, 0.1) is 47.3 Å². The van der Waals surface area contributed by atoms with Crippen molar-refractivity contribution in [2.24, 2.45) is 58.1 Å². The number of nitrogens with zero attached hydrogens (tertiary/aromatic N) is 1. The molecule has 18 nitrogen and oxygen atoms in total. The van der Waals surface area contributed by atoms with Crippen molar-refractivity contribution in [3.63, 3.8) is 0 Å². The summed E-state index contributed by atoms with van der Waals surface area (Å²) in [5.74, 6) is -6.16. The highest BCUT2D eigenvalue weighted by atomic mass is 16.7. The molecule has 2 heterocycles. The molecule has 2 aliphatic heterocycles. The predicted octanol–water partition coefficient (Wildman–Crippen LogP) is 3.28. The molecule has 0 aliphatic carbocycles. The normalized spacial score (nSPS) is 41.3. The van der Waals surface area contributed by atoms with E-state index >= 15 is 0 Å². The number of esters is 1. The maximum absolute atomic E-state index is 13.8. The second-order valence-electron chi connectivity index (χ2n) is 22.3. The monoisotopic (exact) mass is 1060 g/mol. The van der Waals surface area contributed by atoms with Gasteiger partial charge in [-0.15, -0.1) is 0 Å². The van der Waals surface area contributed by atoms with Crippen molar-refractivity contribution in [2.45, 2.75) is 230 Å². The van der Waals surface area contributed by atoms with E-state index in [9.17, 15) is 66.1 Å². The van der Waals surface area contributed by atoms with Crippen LogP contribution in [0.25, 0.3) is 0 Å². The molecule has 18 heteroatoms. The maximum Gasteiger partial charge on any atom is 0.311 e. The van der Waals surface area contributed by atoms with Crippen LogP contribution in [0.3, 0.4) is 0 Å². The molecule has 2 bridgehead atoms. The highest BCUT2D eigenvalue weighted by molar-refractivity contribution is 5.77. The number of allylic oxidation sites excluding steroid dienone is 4. The van der Waals surface area contributed by atoms with Crippen LogP contribution in [0.15, 0.2) is 53.6 Å². The highest BCUT2D eigenvalue weighted by Crippen LogP contribution is 2.36. The average Bonchev–Trinajstić information content (AvgIpc) is 3.34. The summed E-state index contributed by atoms with van der Waals surface area (Å²) >= 11 is 0. The first-order chi connectivity index (χ1) is 34.7. The SMILES string of the molecule is CN=C(N)NCCC/C=C/CCC[C@@H](C)C[C@H](C)[C@H]1OC(=O)[C@H](C)[C@@H](O)/C=C\[C@@H](C)[C@H](O)C[C@H](O)[C@@H](C)[C@H](O)CC[C@@H](C)[C@@H](O)C[C@]2(O)O[C@H](C[C@@H](O)C[C@H](O)C[C@H](O)[C@H](C)[C@@H](O)/C=C\C=C/[C@H]1C)C[C@@H](O)[C@@H]2O. The number of carbonyl (C=O) groups excluding carboxylic acids is 1.